The third-order valence-electron chi connectivity index (χ3n) is 3.64. The Kier molecular flexibility index (Phi) is 2.73. The summed E-state index contributed by atoms with van der Waals surface area (Å²) in [7, 11) is 0. The molecule has 0 spiro atoms. The SMILES string of the molecule is Cc1cnc(N)nc1-c1cnn(CC2(CF)CC2)c1. The summed E-state index contributed by atoms with van der Waals surface area (Å²) in [6, 6.07) is 0. The lowest BCUT2D eigenvalue weighted by atomic mass is 10.1. The lowest BCUT2D eigenvalue weighted by Crippen LogP contribution is -2.13. The van der Waals surface area contributed by atoms with Gasteiger partial charge in [-0.25, -0.2) is 9.97 Å². The number of nitrogens with two attached hydrogens (primary N) is 1. The van der Waals surface area contributed by atoms with Crippen LogP contribution in [0.4, 0.5) is 10.3 Å². The van der Waals surface area contributed by atoms with Crippen molar-refractivity contribution in [1.29, 1.82) is 0 Å². The van der Waals surface area contributed by atoms with Gasteiger partial charge in [-0.3, -0.25) is 9.07 Å². The Morgan fingerprint density at radius 1 is 1.42 bits per heavy atom. The molecule has 0 bridgehead atoms. The van der Waals surface area contributed by atoms with E-state index in [4.69, 9.17) is 5.73 Å². The number of aromatic nitrogens is 4. The molecule has 100 valence electrons. The third-order valence-corrected chi connectivity index (χ3v) is 3.64. The molecule has 5 nitrogen and oxygen atoms in total. The summed E-state index contributed by atoms with van der Waals surface area (Å²) in [6.45, 7) is 2.28. The quantitative estimate of drug-likeness (QED) is 0.913. The molecule has 0 unspecified atom stereocenters. The second-order valence-corrected chi connectivity index (χ2v) is 5.32. The fourth-order valence-electron chi connectivity index (χ4n) is 2.17. The number of nitrogens with zero attached hydrogens (tertiary/aromatic N) is 4. The first-order valence-corrected chi connectivity index (χ1v) is 6.30. The first-order chi connectivity index (χ1) is 9.12. The van der Waals surface area contributed by atoms with Crippen molar-refractivity contribution in [3.63, 3.8) is 0 Å². The molecule has 2 heterocycles. The minimum atomic E-state index is -0.276. The van der Waals surface area contributed by atoms with E-state index in [9.17, 15) is 4.39 Å². The van der Waals surface area contributed by atoms with Crippen molar-refractivity contribution >= 4 is 5.95 Å². The number of nitrogen functional groups attached to an aromatic ring is 1. The average molecular weight is 261 g/mol. The van der Waals surface area contributed by atoms with Crippen molar-refractivity contribution in [3.8, 4) is 11.3 Å². The monoisotopic (exact) mass is 261 g/mol. The summed E-state index contributed by atoms with van der Waals surface area (Å²) < 4.78 is 14.7. The van der Waals surface area contributed by atoms with Crippen LogP contribution in [-0.2, 0) is 6.54 Å². The van der Waals surface area contributed by atoms with Gasteiger partial charge in [0, 0.05) is 29.9 Å². The predicted octanol–water partition coefficient (Wildman–Crippen LogP) is 1.98. The van der Waals surface area contributed by atoms with E-state index in [2.05, 4.69) is 15.1 Å². The molecule has 2 N–H and O–H groups in total. The molecule has 2 aromatic heterocycles. The second kappa shape index (κ2) is 4.29. The van der Waals surface area contributed by atoms with E-state index in [1.807, 2.05) is 13.1 Å². The van der Waals surface area contributed by atoms with Crippen LogP contribution in [0.1, 0.15) is 18.4 Å². The summed E-state index contributed by atoms with van der Waals surface area (Å²) in [5.74, 6) is 0.246. The maximum atomic E-state index is 12.9. The van der Waals surface area contributed by atoms with Crippen molar-refractivity contribution in [2.45, 2.75) is 26.3 Å². The van der Waals surface area contributed by atoms with E-state index in [1.165, 1.54) is 0 Å². The minimum absolute atomic E-state index is 0.178. The van der Waals surface area contributed by atoms with Gasteiger partial charge in [-0.1, -0.05) is 0 Å². The zero-order valence-corrected chi connectivity index (χ0v) is 10.8. The maximum Gasteiger partial charge on any atom is 0.220 e. The Hall–Kier alpha value is -1.98. The van der Waals surface area contributed by atoms with Gasteiger partial charge in [0.1, 0.15) is 0 Å². The molecule has 1 aliphatic carbocycles. The second-order valence-electron chi connectivity index (χ2n) is 5.32. The Balaban J connectivity index is 1.86. The van der Waals surface area contributed by atoms with Crippen LogP contribution in [-0.4, -0.2) is 26.4 Å². The van der Waals surface area contributed by atoms with Gasteiger partial charge in [-0.15, -0.1) is 0 Å². The number of hydrogen-bond acceptors (Lipinski definition) is 4. The van der Waals surface area contributed by atoms with Crippen LogP contribution >= 0.6 is 0 Å². The zero-order chi connectivity index (χ0) is 13.5. The molecule has 1 fully saturated rings. The molecule has 1 aliphatic rings. The van der Waals surface area contributed by atoms with Crippen LogP contribution in [0, 0.1) is 12.3 Å². The number of hydrogen-bond donors (Lipinski definition) is 1. The minimum Gasteiger partial charge on any atom is -0.368 e. The smallest absolute Gasteiger partial charge is 0.220 e. The van der Waals surface area contributed by atoms with Gasteiger partial charge in [-0.2, -0.15) is 5.10 Å². The molecule has 1 saturated carbocycles. The summed E-state index contributed by atoms with van der Waals surface area (Å²) in [5, 5.41) is 4.29. The molecule has 0 radical (unpaired) electrons. The Bertz CT molecular complexity index is 603. The highest BCUT2D eigenvalue weighted by molar-refractivity contribution is 5.61. The van der Waals surface area contributed by atoms with Crippen molar-refractivity contribution in [3.05, 3.63) is 24.2 Å². The van der Waals surface area contributed by atoms with Gasteiger partial charge in [-0.05, 0) is 25.3 Å². The van der Waals surface area contributed by atoms with Crippen LogP contribution in [0.25, 0.3) is 11.3 Å². The molecule has 3 rings (SSSR count). The first kappa shape index (κ1) is 12.1. The summed E-state index contributed by atoms with van der Waals surface area (Å²) in [4.78, 5) is 8.17. The fraction of sp³-hybridized carbons (Fsp3) is 0.462. The van der Waals surface area contributed by atoms with Crippen molar-refractivity contribution in [1.82, 2.24) is 19.7 Å². The van der Waals surface area contributed by atoms with E-state index >= 15 is 0 Å². The first-order valence-electron chi connectivity index (χ1n) is 6.30. The topological polar surface area (TPSA) is 69.6 Å². The fourth-order valence-corrected chi connectivity index (χ4v) is 2.17. The van der Waals surface area contributed by atoms with Crippen molar-refractivity contribution < 1.29 is 4.39 Å². The molecular weight excluding hydrogens is 245 g/mol. The molecule has 6 heteroatoms. The molecule has 2 aromatic rings. The van der Waals surface area contributed by atoms with Crippen molar-refractivity contribution in [2.24, 2.45) is 5.41 Å². The Morgan fingerprint density at radius 3 is 2.89 bits per heavy atom. The van der Waals surface area contributed by atoms with Gasteiger partial charge in [0.25, 0.3) is 0 Å². The van der Waals surface area contributed by atoms with E-state index < -0.39 is 0 Å². The van der Waals surface area contributed by atoms with E-state index in [0.29, 0.717) is 6.54 Å². The third kappa shape index (κ3) is 2.30. The molecule has 0 aliphatic heterocycles. The van der Waals surface area contributed by atoms with Gasteiger partial charge in [0.2, 0.25) is 5.95 Å². The summed E-state index contributed by atoms with van der Waals surface area (Å²) in [6.07, 6.45) is 7.21. The average Bonchev–Trinajstić information content (AvgIpc) is 3.02. The Labute approximate surface area is 110 Å². The van der Waals surface area contributed by atoms with E-state index in [-0.39, 0.29) is 18.0 Å². The van der Waals surface area contributed by atoms with E-state index in [0.717, 1.165) is 29.7 Å². The van der Waals surface area contributed by atoms with Crippen LogP contribution in [0.5, 0.6) is 0 Å². The van der Waals surface area contributed by atoms with Gasteiger partial charge in [0.05, 0.1) is 18.6 Å². The summed E-state index contributed by atoms with van der Waals surface area (Å²) in [5.41, 5.74) is 8.04. The van der Waals surface area contributed by atoms with Gasteiger partial charge < -0.3 is 5.73 Å². The van der Waals surface area contributed by atoms with Crippen LogP contribution in [0.3, 0.4) is 0 Å². The standard InChI is InChI=1S/C13H16FN5/c1-9-4-16-12(15)18-11(9)10-5-17-19(6-10)8-13(7-14)2-3-13/h4-6H,2-3,7-8H2,1H3,(H2,15,16,18). The van der Waals surface area contributed by atoms with Crippen LogP contribution in [0.2, 0.25) is 0 Å². The lowest BCUT2D eigenvalue weighted by molar-refractivity contribution is 0.294. The number of anilines is 1. The van der Waals surface area contributed by atoms with Crippen molar-refractivity contribution in [2.75, 3.05) is 12.4 Å². The predicted molar refractivity (Wildman–Crippen MR) is 70.0 cm³/mol. The highest BCUT2D eigenvalue weighted by atomic mass is 19.1. The largest absolute Gasteiger partial charge is 0.368 e. The normalized spacial score (nSPS) is 16.5. The Morgan fingerprint density at radius 2 is 2.21 bits per heavy atom. The molecule has 0 saturated heterocycles. The number of rotatable bonds is 4. The molecule has 0 amide bonds. The highest BCUT2D eigenvalue weighted by Crippen LogP contribution is 2.47. The summed E-state index contributed by atoms with van der Waals surface area (Å²) >= 11 is 0. The van der Waals surface area contributed by atoms with Gasteiger partial charge in [0.15, 0.2) is 0 Å². The van der Waals surface area contributed by atoms with E-state index in [1.54, 1.807) is 17.1 Å². The molecule has 0 atom stereocenters. The van der Waals surface area contributed by atoms with Gasteiger partial charge >= 0.3 is 0 Å². The zero-order valence-electron chi connectivity index (χ0n) is 10.8. The number of aryl methyl sites for hydroxylation is 1. The molecule has 19 heavy (non-hydrogen) atoms. The highest BCUT2D eigenvalue weighted by Gasteiger charge is 2.43. The van der Waals surface area contributed by atoms with Crippen LogP contribution in [0.15, 0.2) is 18.6 Å². The number of halogens is 1. The molecule has 0 aromatic carbocycles. The maximum absolute atomic E-state index is 12.9. The lowest BCUT2D eigenvalue weighted by Gasteiger charge is -2.09. The number of alkyl halides is 1. The molecular formula is C13H16FN5. The van der Waals surface area contributed by atoms with Crippen LogP contribution < -0.4 is 5.73 Å².